The second kappa shape index (κ2) is 5.05. The third-order valence-electron chi connectivity index (χ3n) is 6.70. The second-order valence-electron chi connectivity index (χ2n) is 8.12. The van der Waals surface area contributed by atoms with E-state index < -0.39 is 0 Å². The van der Waals surface area contributed by atoms with Crippen LogP contribution in [0.15, 0.2) is 24.3 Å². The van der Waals surface area contributed by atoms with Gasteiger partial charge in [0.2, 0.25) is 12.3 Å². The molecule has 0 aliphatic heterocycles. The first-order valence-corrected chi connectivity index (χ1v) is 8.95. The van der Waals surface area contributed by atoms with Gasteiger partial charge in [0.1, 0.15) is 0 Å². The molecule has 0 aromatic heterocycles. The van der Waals surface area contributed by atoms with Crippen LogP contribution in [0.25, 0.3) is 0 Å². The lowest BCUT2D eigenvalue weighted by Crippen LogP contribution is -2.40. The molecule has 3 heteroatoms. The predicted molar refractivity (Wildman–Crippen MR) is 94.6 cm³/mol. The summed E-state index contributed by atoms with van der Waals surface area (Å²) in [5, 5.41) is 0. The van der Waals surface area contributed by atoms with Crippen LogP contribution in [0.2, 0.25) is 0 Å². The minimum absolute atomic E-state index is 0.0179. The molecular formula is C21H25NO2. The highest BCUT2D eigenvalue weighted by atomic mass is 16.2. The van der Waals surface area contributed by atoms with Crippen molar-refractivity contribution in [3.05, 3.63) is 41.0 Å². The monoisotopic (exact) mass is 323 g/mol. The second-order valence-corrected chi connectivity index (χ2v) is 8.12. The molecule has 3 aliphatic rings. The number of allylic oxidation sites excluding steroid dienone is 2. The first-order chi connectivity index (χ1) is 11.4. The van der Waals surface area contributed by atoms with Crippen LogP contribution in [0.3, 0.4) is 0 Å². The van der Waals surface area contributed by atoms with Crippen molar-refractivity contribution in [3.8, 4) is 0 Å². The lowest BCUT2D eigenvalue weighted by molar-refractivity contribution is -0.126. The Morgan fingerprint density at radius 1 is 1.12 bits per heavy atom. The Morgan fingerprint density at radius 3 is 2.21 bits per heavy atom. The number of rotatable bonds is 3. The average molecular weight is 323 g/mol. The lowest BCUT2D eigenvalue weighted by Gasteiger charge is -2.29. The van der Waals surface area contributed by atoms with Gasteiger partial charge in [-0.05, 0) is 67.9 Å². The molecule has 2 amide bonds. The van der Waals surface area contributed by atoms with E-state index in [-0.39, 0.29) is 11.8 Å². The van der Waals surface area contributed by atoms with E-state index in [4.69, 9.17) is 0 Å². The Kier molecular flexibility index (Phi) is 3.28. The molecule has 0 saturated heterocycles. The van der Waals surface area contributed by atoms with Crippen LogP contribution in [0.1, 0.15) is 36.5 Å². The van der Waals surface area contributed by atoms with Crippen LogP contribution in [0, 0.1) is 49.9 Å². The molecule has 0 N–H and O–H groups in total. The van der Waals surface area contributed by atoms with Gasteiger partial charge in [-0.2, -0.15) is 0 Å². The minimum Gasteiger partial charge on any atom is -0.278 e. The normalized spacial score (nSPS) is 31.5. The molecule has 2 bridgehead atoms. The number of imide groups is 1. The van der Waals surface area contributed by atoms with Crippen LogP contribution in [0.4, 0.5) is 5.69 Å². The maximum absolute atomic E-state index is 13.3. The van der Waals surface area contributed by atoms with Gasteiger partial charge < -0.3 is 0 Å². The molecule has 126 valence electrons. The number of benzene rings is 1. The molecule has 1 aromatic carbocycles. The third-order valence-corrected chi connectivity index (χ3v) is 6.70. The van der Waals surface area contributed by atoms with E-state index >= 15 is 0 Å². The summed E-state index contributed by atoms with van der Waals surface area (Å²) >= 11 is 0. The van der Waals surface area contributed by atoms with Gasteiger partial charge in [-0.3, -0.25) is 14.5 Å². The third kappa shape index (κ3) is 1.90. The number of hydrogen-bond acceptors (Lipinski definition) is 2. The fourth-order valence-electron chi connectivity index (χ4n) is 5.69. The number of aryl methyl sites for hydroxylation is 3. The number of amides is 2. The van der Waals surface area contributed by atoms with Crippen molar-refractivity contribution < 1.29 is 9.59 Å². The van der Waals surface area contributed by atoms with Crippen molar-refractivity contribution in [1.82, 2.24) is 0 Å². The fourth-order valence-corrected chi connectivity index (χ4v) is 5.69. The van der Waals surface area contributed by atoms with Gasteiger partial charge in [-0.1, -0.05) is 36.8 Å². The summed E-state index contributed by atoms with van der Waals surface area (Å²) in [7, 11) is 0. The Morgan fingerprint density at radius 2 is 1.71 bits per heavy atom. The number of carbonyl (C=O) groups is 2. The largest absolute Gasteiger partial charge is 0.278 e. The Balaban J connectivity index is 1.71. The van der Waals surface area contributed by atoms with E-state index in [1.54, 1.807) is 0 Å². The first-order valence-electron chi connectivity index (χ1n) is 8.95. The molecule has 0 unspecified atom stereocenters. The van der Waals surface area contributed by atoms with E-state index in [1.165, 1.54) is 17.7 Å². The average Bonchev–Trinajstić information content (AvgIpc) is 3.17. The highest BCUT2D eigenvalue weighted by Crippen LogP contribution is 2.72. The smallest absolute Gasteiger partial charge is 0.237 e. The van der Waals surface area contributed by atoms with Crippen molar-refractivity contribution in [3.63, 3.8) is 0 Å². The Hall–Kier alpha value is -1.90. The van der Waals surface area contributed by atoms with E-state index in [0.717, 1.165) is 28.8 Å². The summed E-state index contributed by atoms with van der Waals surface area (Å²) in [6.07, 6.45) is 7.74. The van der Waals surface area contributed by atoms with Crippen molar-refractivity contribution in [1.29, 1.82) is 0 Å². The summed E-state index contributed by atoms with van der Waals surface area (Å²) in [4.78, 5) is 26.6. The van der Waals surface area contributed by atoms with Crippen molar-refractivity contribution in [2.24, 2.45) is 29.1 Å². The zero-order valence-corrected chi connectivity index (χ0v) is 14.9. The molecule has 3 aliphatic carbocycles. The fraction of sp³-hybridized carbons (Fsp3) is 0.524. The van der Waals surface area contributed by atoms with E-state index in [2.05, 4.69) is 19.1 Å². The predicted octanol–water partition coefficient (Wildman–Crippen LogP) is 3.95. The molecule has 24 heavy (non-hydrogen) atoms. The Bertz CT molecular complexity index is 736. The quantitative estimate of drug-likeness (QED) is 0.624. The van der Waals surface area contributed by atoms with Crippen LogP contribution in [-0.2, 0) is 9.59 Å². The van der Waals surface area contributed by atoms with Crippen molar-refractivity contribution in [2.75, 3.05) is 4.90 Å². The summed E-state index contributed by atoms with van der Waals surface area (Å²) in [5.41, 5.74) is 4.23. The maximum atomic E-state index is 13.3. The van der Waals surface area contributed by atoms with Gasteiger partial charge in [0.15, 0.2) is 0 Å². The number of carbonyl (C=O) groups excluding carboxylic acids is 2. The molecule has 0 heterocycles. The zero-order chi connectivity index (χ0) is 17.2. The van der Waals surface area contributed by atoms with E-state index in [1.807, 2.05) is 32.9 Å². The van der Waals surface area contributed by atoms with Gasteiger partial charge in [0, 0.05) is 5.92 Å². The van der Waals surface area contributed by atoms with Crippen LogP contribution in [-0.4, -0.2) is 12.3 Å². The Labute approximate surface area is 143 Å². The van der Waals surface area contributed by atoms with E-state index in [0.29, 0.717) is 23.2 Å². The zero-order valence-electron chi connectivity index (χ0n) is 14.9. The summed E-state index contributed by atoms with van der Waals surface area (Å²) in [6, 6.07) is 4.08. The summed E-state index contributed by atoms with van der Waals surface area (Å²) < 4.78 is 0. The van der Waals surface area contributed by atoms with Crippen LogP contribution < -0.4 is 4.90 Å². The van der Waals surface area contributed by atoms with Gasteiger partial charge in [-0.15, -0.1) is 0 Å². The van der Waals surface area contributed by atoms with Crippen molar-refractivity contribution >= 4 is 18.0 Å². The molecule has 3 nitrogen and oxygen atoms in total. The van der Waals surface area contributed by atoms with Gasteiger partial charge in [-0.25, -0.2) is 0 Å². The van der Waals surface area contributed by atoms with Gasteiger partial charge in [0.25, 0.3) is 0 Å². The summed E-state index contributed by atoms with van der Waals surface area (Å²) in [5.74, 6) is 1.08. The SMILES string of the molecule is Cc1cc(C)c(N(C=O)C(=O)[C@@H]2[C@@H](C)[C@H]3C=C[C@@H]2C32CC2)c(C)c1. The highest BCUT2D eigenvalue weighted by Gasteiger charge is 2.67. The summed E-state index contributed by atoms with van der Waals surface area (Å²) in [6.45, 7) is 8.18. The molecule has 4 atom stereocenters. The topological polar surface area (TPSA) is 37.4 Å². The maximum Gasteiger partial charge on any atom is 0.237 e. The van der Waals surface area contributed by atoms with Crippen LogP contribution in [0.5, 0.6) is 0 Å². The van der Waals surface area contributed by atoms with Crippen LogP contribution >= 0.6 is 0 Å². The van der Waals surface area contributed by atoms with Gasteiger partial charge in [0.05, 0.1) is 5.69 Å². The number of nitrogens with zero attached hydrogens (tertiary/aromatic N) is 1. The number of hydrogen-bond donors (Lipinski definition) is 0. The standard InChI is InChI=1S/C21H25NO2/c1-12-9-13(2)19(14(3)10-12)22(11-23)20(24)18-15(4)16-5-6-17(18)21(16)7-8-21/h5-6,9-11,15-18H,7-8H2,1-4H3/t15-,16+,17-,18+/m0/s1. The van der Waals surface area contributed by atoms with Gasteiger partial charge >= 0.3 is 0 Å². The van der Waals surface area contributed by atoms with E-state index in [9.17, 15) is 9.59 Å². The van der Waals surface area contributed by atoms with Crippen molar-refractivity contribution in [2.45, 2.75) is 40.5 Å². The minimum atomic E-state index is -0.0622. The molecule has 1 aromatic rings. The molecule has 0 radical (unpaired) electrons. The molecule has 1 spiro atoms. The number of anilines is 1. The molecule has 2 fully saturated rings. The first kappa shape index (κ1) is 15.6. The molecule has 2 saturated carbocycles. The highest BCUT2D eigenvalue weighted by molar-refractivity contribution is 6.09. The molecular weight excluding hydrogens is 298 g/mol. The lowest BCUT2D eigenvalue weighted by atomic mass is 9.83. The molecule has 4 rings (SSSR count).